The molecular weight excluding hydrogens is 414 g/mol. The minimum Gasteiger partial charge on any atom is -0.236 e. The van der Waals surface area contributed by atoms with Crippen LogP contribution in [0.2, 0.25) is 0 Å². The molecule has 7 heteroatoms. The van der Waals surface area contributed by atoms with Gasteiger partial charge in [0.15, 0.2) is 5.65 Å². The van der Waals surface area contributed by atoms with E-state index in [1.165, 1.54) is 17.5 Å². The summed E-state index contributed by atoms with van der Waals surface area (Å²) in [5.41, 5.74) is 3.99. The largest absolute Gasteiger partial charge is 0.236 e. The van der Waals surface area contributed by atoms with E-state index in [0.29, 0.717) is 11.3 Å². The van der Waals surface area contributed by atoms with Gasteiger partial charge < -0.3 is 0 Å². The Bertz CT molecular complexity index is 1440. The average molecular weight is 432 g/mol. The summed E-state index contributed by atoms with van der Waals surface area (Å²) in [5.74, 6) is 0. The Morgan fingerprint density at radius 2 is 1.70 bits per heavy atom. The summed E-state index contributed by atoms with van der Waals surface area (Å²) in [5, 5.41) is 6.65. The molecule has 3 heterocycles. The summed E-state index contributed by atoms with van der Waals surface area (Å²) >= 11 is 1.47. The van der Waals surface area contributed by atoms with Crippen molar-refractivity contribution >= 4 is 26.8 Å². The van der Waals surface area contributed by atoms with E-state index in [1.54, 1.807) is 34.8 Å². The number of benzene rings is 2. The molecule has 2 aromatic carbocycles. The first-order valence-electron chi connectivity index (χ1n) is 9.34. The Labute approximate surface area is 178 Å². The minimum atomic E-state index is -3.76. The molecule has 148 valence electrons. The standard InChI is InChI=1S/C23H17N3O2S2/c1-16-9-11-17(12-10-16)19-14-22-24-15-21(30(27,28)18-6-3-2-4-7-18)23(26(22)25-19)20-8-5-13-29-20/h2-15H,1H3. The van der Waals surface area contributed by atoms with Gasteiger partial charge in [-0.3, -0.25) is 0 Å². The fraction of sp³-hybridized carbons (Fsp3) is 0.0435. The molecule has 0 spiro atoms. The maximum absolute atomic E-state index is 13.4. The van der Waals surface area contributed by atoms with E-state index < -0.39 is 9.84 Å². The number of nitrogens with zero attached hydrogens (tertiary/aromatic N) is 3. The average Bonchev–Trinajstić information content (AvgIpc) is 3.44. The van der Waals surface area contributed by atoms with Crippen LogP contribution in [0.3, 0.4) is 0 Å². The van der Waals surface area contributed by atoms with Crippen molar-refractivity contribution in [3.8, 4) is 21.8 Å². The smallest absolute Gasteiger partial charge is 0.210 e. The van der Waals surface area contributed by atoms with E-state index in [2.05, 4.69) is 4.98 Å². The maximum atomic E-state index is 13.4. The number of aryl methyl sites for hydroxylation is 1. The molecule has 0 fully saturated rings. The number of thiophene rings is 1. The number of hydrogen-bond donors (Lipinski definition) is 0. The van der Waals surface area contributed by atoms with E-state index >= 15 is 0 Å². The lowest BCUT2D eigenvalue weighted by atomic mass is 10.1. The Kier molecular flexibility index (Phi) is 4.49. The van der Waals surface area contributed by atoms with Crippen LogP contribution in [0.15, 0.2) is 94.2 Å². The van der Waals surface area contributed by atoms with Gasteiger partial charge in [0.2, 0.25) is 9.84 Å². The van der Waals surface area contributed by atoms with Gasteiger partial charge in [-0.2, -0.15) is 5.10 Å². The minimum absolute atomic E-state index is 0.141. The Balaban J connectivity index is 1.78. The van der Waals surface area contributed by atoms with Gasteiger partial charge in [-0.05, 0) is 30.5 Å². The van der Waals surface area contributed by atoms with Crippen LogP contribution < -0.4 is 0 Å². The Morgan fingerprint density at radius 1 is 0.933 bits per heavy atom. The lowest BCUT2D eigenvalue weighted by Crippen LogP contribution is -2.08. The highest BCUT2D eigenvalue weighted by Crippen LogP contribution is 2.34. The van der Waals surface area contributed by atoms with E-state index in [9.17, 15) is 8.42 Å². The van der Waals surface area contributed by atoms with Crippen LogP contribution in [-0.2, 0) is 9.84 Å². The third-order valence-electron chi connectivity index (χ3n) is 4.89. The summed E-state index contributed by atoms with van der Waals surface area (Å²) in [6.45, 7) is 2.03. The molecule has 5 nitrogen and oxygen atoms in total. The summed E-state index contributed by atoms with van der Waals surface area (Å²) in [6, 6.07) is 22.1. The second-order valence-corrected chi connectivity index (χ2v) is 9.80. The Hall–Kier alpha value is -3.29. The van der Waals surface area contributed by atoms with Crippen LogP contribution >= 0.6 is 11.3 Å². The summed E-state index contributed by atoms with van der Waals surface area (Å²) in [6.07, 6.45) is 1.44. The predicted molar refractivity (Wildman–Crippen MR) is 118 cm³/mol. The first kappa shape index (κ1) is 18.7. The van der Waals surface area contributed by atoms with Crippen LogP contribution in [0.1, 0.15) is 5.56 Å². The van der Waals surface area contributed by atoms with Crippen LogP contribution in [0.4, 0.5) is 0 Å². The van der Waals surface area contributed by atoms with E-state index in [-0.39, 0.29) is 9.79 Å². The SMILES string of the molecule is Cc1ccc(-c2cc3ncc(S(=O)(=O)c4ccccc4)c(-c4cccs4)n3n2)cc1. The molecule has 0 N–H and O–H groups in total. The number of aromatic nitrogens is 3. The molecule has 0 saturated carbocycles. The molecular formula is C23H17N3O2S2. The zero-order valence-corrected chi connectivity index (χ0v) is 17.7. The van der Waals surface area contributed by atoms with Gasteiger partial charge in [-0.15, -0.1) is 11.3 Å². The highest BCUT2D eigenvalue weighted by molar-refractivity contribution is 7.91. The van der Waals surface area contributed by atoms with Gasteiger partial charge in [0, 0.05) is 11.6 Å². The molecule has 30 heavy (non-hydrogen) atoms. The number of rotatable bonds is 4. The zero-order valence-electron chi connectivity index (χ0n) is 16.1. The van der Waals surface area contributed by atoms with Gasteiger partial charge in [0.1, 0.15) is 10.6 Å². The van der Waals surface area contributed by atoms with Gasteiger partial charge in [0.25, 0.3) is 0 Å². The third-order valence-corrected chi connectivity index (χ3v) is 7.54. The van der Waals surface area contributed by atoms with Gasteiger partial charge in [0.05, 0.1) is 21.7 Å². The van der Waals surface area contributed by atoms with Crippen LogP contribution in [0.25, 0.3) is 27.5 Å². The molecule has 0 atom stereocenters. The van der Waals surface area contributed by atoms with Crippen LogP contribution in [0, 0.1) is 6.92 Å². The van der Waals surface area contributed by atoms with Crippen LogP contribution in [-0.4, -0.2) is 23.0 Å². The molecule has 5 aromatic rings. The molecule has 0 unspecified atom stereocenters. The molecule has 0 radical (unpaired) electrons. The molecule has 0 bridgehead atoms. The highest BCUT2D eigenvalue weighted by atomic mass is 32.2. The second kappa shape index (κ2) is 7.19. The van der Waals surface area contributed by atoms with Crippen molar-refractivity contribution in [3.63, 3.8) is 0 Å². The number of hydrogen-bond acceptors (Lipinski definition) is 5. The van der Waals surface area contributed by atoms with Gasteiger partial charge in [-0.1, -0.05) is 54.1 Å². The normalized spacial score (nSPS) is 11.8. The molecule has 0 saturated heterocycles. The predicted octanol–water partition coefficient (Wildman–Crippen LogP) is 5.27. The van der Waals surface area contributed by atoms with E-state index in [4.69, 9.17) is 5.10 Å². The summed E-state index contributed by atoms with van der Waals surface area (Å²) in [4.78, 5) is 5.62. The van der Waals surface area contributed by atoms with Crippen molar-refractivity contribution in [2.75, 3.05) is 0 Å². The van der Waals surface area contributed by atoms with Crippen LogP contribution in [0.5, 0.6) is 0 Å². The Morgan fingerprint density at radius 3 is 2.40 bits per heavy atom. The number of fused-ring (bicyclic) bond motifs is 1. The second-order valence-electron chi connectivity index (χ2n) is 6.93. The van der Waals surface area contributed by atoms with Gasteiger partial charge in [-0.25, -0.2) is 17.9 Å². The van der Waals surface area contributed by atoms with Crippen molar-refractivity contribution in [1.29, 1.82) is 0 Å². The first-order chi connectivity index (χ1) is 14.5. The van der Waals surface area contributed by atoms with Crippen molar-refractivity contribution in [1.82, 2.24) is 14.6 Å². The highest BCUT2D eigenvalue weighted by Gasteiger charge is 2.26. The molecule has 0 amide bonds. The fourth-order valence-corrected chi connectivity index (χ4v) is 5.59. The molecule has 0 aliphatic rings. The summed E-state index contributed by atoms with van der Waals surface area (Å²) in [7, 11) is -3.76. The van der Waals surface area contributed by atoms with Crippen molar-refractivity contribution < 1.29 is 8.42 Å². The maximum Gasteiger partial charge on any atom is 0.210 e. The lowest BCUT2D eigenvalue weighted by molar-refractivity contribution is 0.595. The summed E-state index contributed by atoms with van der Waals surface area (Å²) < 4.78 is 28.5. The first-order valence-corrected chi connectivity index (χ1v) is 11.7. The van der Waals surface area contributed by atoms with Crippen molar-refractivity contribution in [3.05, 3.63) is 89.9 Å². The van der Waals surface area contributed by atoms with Gasteiger partial charge >= 0.3 is 0 Å². The topological polar surface area (TPSA) is 64.3 Å². The lowest BCUT2D eigenvalue weighted by Gasteiger charge is -2.11. The molecule has 0 aliphatic heterocycles. The third kappa shape index (κ3) is 3.12. The molecule has 0 aliphatic carbocycles. The fourth-order valence-electron chi connectivity index (χ4n) is 3.35. The van der Waals surface area contributed by atoms with E-state index in [0.717, 1.165) is 21.7 Å². The number of sulfone groups is 1. The monoisotopic (exact) mass is 431 g/mol. The molecule has 3 aromatic heterocycles. The van der Waals surface area contributed by atoms with Crippen molar-refractivity contribution in [2.24, 2.45) is 0 Å². The van der Waals surface area contributed by atoms with E-state index in [1.807, 2.05) is 54.8 Å². The molecule has 5 rings (SSSR count). The zero-order chi connectivity index (χ0) is 20.7. The quantitative estimate of drug-likeness (QED) is 0.389. The van der Waals surface area contributed by atoms with Crippen molar-refractivity contribution in [2.45, 2.75) is 16.7 Å².